The molecule has 156 valence electrons. The summed E-state index contributed by atoms with van der Waals surface area (Å²) in [6, 6.07) is 0. The summed E-state index contributed by atoms with van der Waals surface area (Å²) in [7, 11) is 0. The maximum Gasteiger partial charge on any atom is 0.324 e. The van der Waals surface area contributed by atoms with Crippen LogP contribution in [0.25, 0.3) is 0 Å². The van der Waals surface area contributed by atoms with Gasteiger partial charge in [-0.15, -0.1) is 0 Å². The molecule has 0 saturated carbocycles. The van der Waals surface area contributed by atoms with Crippen LogP contribution in [0.15, 0.2) is 0 Å². The zero-order valence-electron chi connectivity index (χ0n) is 17.5. The molecule has 0 aliphatic heterocycles. The summed E-state index contributed by atoms with van der Waals surface area (Å²) in [5.41, 5.74) is -0.989. The van der Waals surface area contributed by atoms with E-state index in [4.69, 9.17) is 16.9 Å². The van der Waals surface area contributed by atoms with Crippen LogP contribution < -0.4 is 4.84 Å². The lowest BCUT2D eigenvalue weighted by Crippen LogP contribution is -2.44. The van der Waals surface area contributed by atoms with Crippen LogP contribution in [0.2, 0.25) is 0 Å². The van der Waals surface area contributed by atoms with E-state index >= 15 is 0 Å². The van der Waals surface area contributed by atoms with Crippen molar-refractivity contribution in [1.82, 2.24) is 4.84 Å². The number of carbonyl (C=O) groups is 1. The van der Waals surface area contributed by atoms with Gasteiger partial charge in [-0.2, -0.15) is 0 Å². The first kappa shape index (κ1) is 25.7. The molecule has 0 aromatic heterocycles. The standard InChI is InChI=1S/C22H44ClNO2/c1-3-4-5-6-7-8-9-10-11-12-13-14-15-16-17-18-19-20-22(2,24-23)21(25)26/h24H,3-20H2,1-2H3,(H,25,26). The molecule has 3 nitrogen and oxygen atoms in total. The molecule has 0 rings (SSSR count). The number of halogens is 1. The normalized spacial score (nSPS) is 13.7. The Morgan fingerprint density at radius 3 is 1.31 bits per heavy atom. The van der Waals surface area contributed by atoms with Crippen LogP contribution in [0, 0.1) is 0 Å². The minimum Gasteiger partial charge on any atom is -0.480 e. The van der Waals surface area contributed by atoms with E-state index < -0.39 is 11.5 Å². The molecule has 1 atom stereocenters. The molecule has 0 saturated heterocycles. The van der Waals surface area contributed by atoms with Crippen LogP contribution in [-0.2, 0) is 4.79 Å². The lowest BCUT2D eigenvalue weighted by Gasteiger charge is -2.22. The maximum atomic E-state index is 11.1. The number of nitrogens with one attached hydrogen (secondary N) is 1. The molecule has 0 radical (unpaired) electrons. The molecule has 26 heavy (non-hydrogen) atoms. The van der Waals surface area contributed by atoms with Crippen molar-refractivity contribution in [3.05, 3.63) is 0 Å². The molecule has 0 amide bonds. The molecule has 0 aliphatic rings. The second kappa shape index (κ2) is 18.1. The second-order valence-corrected chi connectivity index (χ2v) is 8.33. The van der Waals surface area contributed by atoms with E-state index in [2.05, 4.69) is 11.8 Å². The highest BCUT2D eigenvalue weighted by molar-refractivity contribution is 6.15. The minimum atomic E-state index is -0.989. The van der Waals surface area contributed by atoms with Crippen molar-refractivity contribution >= 4 is 17.7 Å². The van der Waals surface area contributed by atoms with Crippen LogP contribution in [0.5, 0.6) is 0 Å². The van der Waals surface area contributed by atoms with Crippen LogP contribution >= 0.6 is 11.8 Å². The van der Waals surface area contributed by atoms with Gasteiger partial charge in [0.25, 0.3) is 0 Å². The van der Waals surface area contributed by atoms with Gasteiger partial charge in [0.05, 0.1) is 0 Å². The molecule has 0 spiro atoms. The van der Waals surface area contributed by atoms with Gasteiger partial charge >= 0.3 is 5.97 Å². The van der Waals surface area contributed by atoms with Gasteiger partial charge in [0.1, 0.15) is 5.54 Å². The Balaban J connectivity index is 3.21. The van der Waals surface area contributed by atoms with Gasteiger partial charge < -0.3 is 5.11 Å². The molecule has 0 fully saturated rings. The SMILES string of the molecule is CCCCCCCCCCCCCCCCCCCC(C)(NCl)C(=O)O. The number of unbranched alkanes of at least 4 members (excludes halogenated alkanes) is 16. The number of carboxylic acids is 1. The lowest BCUT2D eigenvalue weighted by molar-refractivity contribution is -0.143. The fraction of sp³-hybridized carbons (Fsp3) is 0.955. The smallest absolute Gasteiger partial charge is 0.324 e. The molecule has 0 aliphatic carbocycles. The Morgan fingerprint density at radius 2 is 1.04 bits per heavy atom. The highest BCUT2D eigenvalue weighted by Gasteiger charge is 2.31. The Hall–Kier alpha value is -0.280. The number of rotatable bonds is 20. The van der Waals surface area contributed by atoms with Gasteiger partial charge in [-0.05, 0) is 25.1 Å². The predicted octanol–water partition coefficient (Wildman–Crippen LogP) is 7.61. The largest absolute Gasteiger partial charge is 0.480 e. The fourth-order valence-corrected chi connectivity index (χ4v) is 3.57. The van der Waals surface area contributed by atoms with Crippen LogP contribution in [0.3, 0.4) is 0 Å². The minimum absolute atomic E-state index is 0.588. The maximum absolute atomic E-state index is 11.1. The van der Waals surface area contributed by atoms with E-state index in [1.54, 1.807) is 6.92 Å². The number of aliphatic carboxylic acids is 1. The summed E-state index contributed by atoms with van der Waals surface area (Å²) in [4.78, 5) is 13.5. The zero-order chi connectivity index (χ0) is 19.5. The monoisotopic (exact) mass is 389 g/mol. The molecular formula is C22H44ClNO2. The van der Waals surface area contributed by atoms with Crippen molar-refractivity contribution in [1.29, 1.82) is 0 Å². The van der Waals surface area contributed by atoms with Gasteiger partial charge in [-0.1, -0.05) is 116 Å². The van der Waals surface area contributed by atoms with Crippen LogP contribution in [0.1, 0.15) is 129 Å². The van der Waals surface area contributed by atoms with Crippen molar-refractivity contribution in [3.63, 3.8) is 0 Å². The van der Waals surface area contributed by atoms with E-state index in [0.29, 0.717) is 6.42 Å². The second-order valence-electron chi connectivity index (χ2n) is 8.14. The average Bonchev–Trinajstić information content (AvgIpc) is 2.63. The van der Waals surface area contributed by atoms with E-state index in [9.17, 15) is 4.79 Å². The Morgan fingerprint density at radius 1 is 0.731 bits per heavy atom. The van der Waals surface area contributed by atoms with Crippen LogP contribution in [0.4, 0.5) is 0 Å². The Kier molecular flexibility index (Phi) is 17.9. The van der Waals surface area contributed by atoms with Crippen molar-refractivity contribution in [2.45, 2.75) is 135 Å². The summed E-state index contributed by atoms with van der Waals surface area (Å²) in [5.74, 6) is -0.871. The number of carboxylic acid groups (broad SMARTS) is 1. The van der Waals surface area contributed by atoms with Gasteiger partial charge in [0.15, 0.2) is 0 Å². The average molecular weight is 390 g/mol. The third kappa shape index (κ3) is 14.8. The van der Waals surface area contributed by atoms with Crippen molar-refractivity contribution < 1.29 is 9.90 Å². The van der Waals surface area contributed by atoms with Crippen molar-refractivity contribution in [2.75, 3.05) is 0 Å². The quantitative estimate of drug-likeness (QED) is 0.166. The predicted molar refractivity (Wildman–Crippen MR) is 114 cm³/mol. The van der Waals surface area contributed by atoms with Crippen molar-refractivity contribution in [3.8, 4) is 0 Å². The van der Waals surface area contributed by atoms with Gasteiger partial charge in [-0.3, -0.25) is 4.79 Å². The highest BCUT2D eigenvalue weighted by atomic mass is 35.5. The van der Waals surface area contributed by atoms with E-state index in [1.807, 2.05) is 0 Å². The summed E-state index contributed by atoms with van der Waals surface area (Å²) in [5, 5.41) is 9.12. The van der Waals surface area contributed by atoms with E-state index in [1.165, 1.54) is 96.3 Å². The molecule has 4 heteroatoms. The van der Waals surface area contributed by atoms with Gasteiger partial charge in [-0.25, -0.2) is 4.84 Å². The summed E-state index contributed by atoms with van der Waals surface area (Å²) < 4.78 is 0. The molecular weight excluding hydrogens is 346 g/mol. The molecule has 0 aromatic rings. The Labute approximate surface area is 167 Å². The van der Waals surface area contributed by atoms with E-state index in [0.717, 1.165) is 12.8 Å². The third-order valence-corrected chi connectivity index (χ3v) is 5.88. The fourth-order valence-electron chi connectivity index (χ4n) is 3.40. The molecule has 1 unspecified atom stereocenters. The topological polar surface area (TPSA) is 49.3 Å². The third-order valence-electron chi connectivity index (χ3n) is 5.46. The van der Waals surface area contributed by atoms with Gasteiger partial charge in [0.2, 0.25) is 0 Å². The highest BCUT2D eigenvalue weighted by Crippen LogP contribution is 2.18. The Bertz CT molecular complexity index is 325. The van der Waals surface area contributed by atoms with Gasteiger partial charge in [0, 0.05) is 0 Å². The lowest BCUT2D eigenvalue weighted by atomic mass is 9.95. The summed E-state index contributed by atoms with van der Waals surface area (Å²) >= 11 is 5.55. The first-order valence-electron chi connectivity index (χ1n) is 11.2. The van der Waals surface area contributed by atoms with E-state index in [-0.39, 0.29) is 0 Å². The summed E-state index contributed by atoms with van der Waals surface area (Å²) in [6.45, 7) is 3.92. The summed E-state index contributed by atoms with van der Waals surface area (Å²) in [6.07, 6.45) is 23.3. The molecule has 2 N–H and O–H groups in total. The number of hydrogen-bond acceptors (Lipinski definition) is 2. The van der Waals surface area contributed by atoms with Crippen molar-refractivity contribution in [2.24, 2.45) is 0 Å². The molecule has 0 aromatic carbocycles. The zero-order valence-corrected chi connectivity index (χ0v) is 18.2. The molecule has 0 heterocycles. The first-order valence-corrected chi connectivity index (χ1v) is 11.6. The molecule has 0 bridgehead atoms. The first-order chi connectivity index (χ1) is 12.6. The number of hydrogen-bond donors (Lipinski definition) is 2. The van der Waals surface area contributed by atoms with Crippen LogP contribution in [-0.4, -0.2) is 16.6 Å².